The first-order valence-electron chi connectivity index (χ1n) is 9.31. The molecule has 1 aromatic heterocycles. The van der Waals surface area contributed by atoms with Crippen molar-refractivity contribution in [1.82, 2.24) is 4.98 Å². The summed E-state index contributed by atoms with van der Waals surface area (Å²) in [6, 6.07) is 15.1. The van der Waals surface area contributed by atoms with Crippen molar-refractivity contribution in [2.45, 2.75) is 27.4 Å². The summed E-state index contributed by atoms with van der Waals surface area (Å²) in [6.45, 7) is 6.06. The maximum absolute atomic E-state index is 11.2. The lowest BCUT2D eigenvalue weighted by Crippen LogP contribution is -2.05. The molecule has 29 heavy (non-hydrogen) atoms. The molecule has 0 aliphatic heterocycles. The molecule has 0 aliphatic carbocycles. The van der Waals surface area contributed by atoms with Crippen LogP contribution in [-0.4, -0.2) is 22.7 Å². The van der Waals surface area contributed by atoms with Gasteiger partial charge in [0.25, 0.3) is 0 Å². The molecular weight excluding hydrogens is 370 g/mol. The van der Waals surface area contributed by atoms with Crippen molar-refractivity contribution in [3.8, 4) is 17.2 Å². The summed E-state index contributed by atoms with van der Waals surface area (Å²) in [5.41, 5.74) is 3.28. The van der Waals surface area contributed by atoms with Gasteiger partial charge in [-0.15, -0.1) is 0 Å². The lowest BCUT2D eigenvalue weighted by molar-refractivity contribution is -0.136. The van der Waals surface area contributed by atoms with Gasteiger partial charge in [-0.3, -0.25) is 0 Å². The van der Waals surface area contributed by atoms with Gasteiger partial charge >= 0.3 is 5.97 Å². The molecule has 150 valence electrons. The fraction of sp³-hybridized carbons (Fsp3) is 0.217. The van der Waals surface area contributed by atoms with Gasteiger partial charge in [-0.2, -0.15) is 0 Å². The zero-order chi connectivity index (χ0) is 20.8. The number of carbonyl (C=O) groups is 1. The van der Waals surface area contributed by atoms with Gasteiger partial charge in [0.2, 0.25) is 11.6 Å². The molecule has 6 nitrogen and oxygen atoms in total. The van der Waals surface area contributed by atoms with E-state index in [1.54, 1.807) is 19.1 Å². The minimum Gasteiger partial charge on any atom is -0.487 e. The van der Waals surface area contributed by atoms with E-state index >= 15 is 0 Å². The molecule has 0 unspecified atom stereocenters. The predicted octanol–water partition coefficient (Wildman–Crippen LogP) is 5.00. The van der Waals surface area contributed by atoms with Crippen molar-refractivity contribution in [3.05, 3.63) is 76.9 Å². The zero-order valence-electron chi connectivity index (χ0n) is 16.6. The number of oxazole rings is 1. The van der Waals surface area contributed by atoms with E-state index in [1.807, 2.05) is 50.2 Å². The Hall–Kier alpha value is -3.54. The third kappa shape index (κ3) is 5.04. The van der Waals surface area contributed by atoms with Gasteiger partial charge in [-0.25, -0.2) is 9.78 Å². The van der Waals surface area contributed by atoms with Crippen LogP contribution in [0.3, 0.4) is 0 Å². The molecule has 0 amide bonds. The number of aliphatic carboxylic acids is 1. The van der Waals surface area contributed by atoms with Crippen LogP contribution >= 0.6 is 0 Å². The summed E-state index contributed by atoms with van der Waals surface area (Å²) < 4.78 is 16.8. The normalized spacial score (nSPS) is 11.3. The van der Waals surface area contributed by atoms with Crippen LogP contribution in [-0.2, 0) is 16.1 Å². The van der Waals surface area contributed by atoms with E-state index in [-0.39, 0.29) is 12.4 Å². The van der Waals surface area contributed by atoms with Crippen LogP contribution in [0.4, 0.5) is 0 Å². The van der Waals surface area contributed by atoms with Gasteiger partial charge < -0.3 is 19.0 Å². The third-order valence-electron chi connectivity index (χ3n) is 4.33. The summed E-state index contributed by atoms with van der Waals surface area (Å²) >= 11 is 0. The van der Waals surface area contributed by atoms with E-state index < -0.39 is 5.97 Å². The second kappa shape index (κ2) is 9.10. The lowest BCUT2D eigenvalue weighted by atomic mass is 10.1. The Labute approximate surface area is 169 Å². The molecule has 0 fully saturated rings. The Morgan fingerprint density at radius 2 is 1.93 bits per heavy atom. The first-order valence-corrected chi connectivity index (χ1v) is 9.31. The number of carboxylic acids is 1. The van der Waals surface area contributed by atoms with Gasteiger partial charge in [-0.05, 0) is 62.2 Å². The van der Waals surface area contributed by atoms with Crippen LogP contribution < -0.4 is 4.74 Å². The predicted molar refractivity (Wildman–Crippen MR) is 109 cm³/mol. The average molecular weight is 393 g/mol. The summed E-state index contributed by atoms with van der Waals surface area (Å²) in [5.74, 6) is 0.758. The van der Waals surface area contributed by atoms with E-state index in [2.05, 4.69) is 4.98 Å². The van der Waals surface area contributed by atoms with E-state index in [9.17, 15) is 9.90 Å². The highest BCUT2D eigenvalue weighted by Gasteiger charge is 2.13. The molecule has 1 heterocycles. The summed E-state index contributed by atoms with van der Waals surface area (Å²) in [5, 5.41) is 9.20. The molecule has 0 bridgehead atoms. The minimum atomic E-state index is -1.10. The van der Waals surface area contributed by atoms with Crippen molar-refractivity contribution in [2.75, 3.05) is 6.61 Å². The number of aryl methyl sites for hydroxylation is 2. The molecule has 0 saturated carbocycles. The standard InChI is InChI=1S/C23H23NO5/c1-4-27-21(23(25)26)13-18-10-11-19(12-15(18)2)28-14-20-16(3)29-22(24-20)17-8-6-5-7-9-17/h5-13H,4,14H2,1-3H3,(H,25,26). The summed E-state index contributed by atoms with van der Waals surface area (Å²) in [6.07, 6.45) is 1.51. The van der Waals surface area contributed by atoms with Crippen molar-refractivity contribution in [3.63, 3.8) is 0 Å². The minimum absolute atomic E-state index is 0.0871. The van der Waals surface area contributed by atoms with Crippen molar-refractivity contribution < 1.29 is 23.8 Å². The quantitative estimate of drug-likeness (QED) is 0.428. The molecule has 0 aliphatic rings. The first kappa shape index (κ1) is 20.2. The molecule has 0 spiro atoms. The third-order valence-corrected chi connectivity index (χ3v) is 4.33. The maximum Gasteiger partial charge on any atom is 0.371 e. The molecular formula is C23H23NO5. The number of hydrogen-bond donors (Lipinski definition) is 1. The largest absolute Gasteiger partial charge is 0.487 e. The van der Waals surface area contributed by atoms with Crippen LogP contribution in [0.25, 0.3) is 17.5 Å². The zero-order valence-corrected chi connectivity index (χ0v) is 16.6. The number of benzene rings is 2. The number of rotatable bonds is 8. The number of aromatic nitrogens is 1. The summed E-state index contributed by atoms with van der Waals surface area (Å²) in [4.78, 5) is 15.8. The lowest BCUT2D eigenvalue weighted by Gasteiger charge is -2.09. The fourth-order valence-corrected chi connectivity index (χ4v) is 2.78. The Morgan fingerprint density at radius 3 is 2.59 bits per heavy atom. The second-order valence-corrected chi connectivity index (χ2v) is 6.44. The monoisotopic (exact) mass is 393 g/mol. The Balaban J connectivity index is 1.72. The second-order valence-electron chi connectivity index (χ2n) is 6.44. The number of carboxylic acid groups (broad SMARTS) is 1. The molecule has 1 N–H and O–H groups in total. The van der Waals surface area contributed by atoms with E-state index in [1.165, 1.54) is 6.08 Å². The number of nitrogens with zero attached hydrogens (tertiary/aromatic N) is 1. The molecule has 3 rings (SSSR count). The van der Waals surface area contributed by atoms with E-state index in [0.29, 0.717) is 24.0 Å². The van der Waals surface area contributed by atoms with Crippen LogP contribution in [0.5, 0.6) is 5.75 Å². The van der Waals surface area contributed by atoms with Crippen LogP contribution in [0, 0.1) is 13.8 Å². The Kier molecular flexibility index (Phi) is 6.34. The average Bonchev–Trinajstić information content (AvgIpc) is 3.09. The van der Waals surface area contributed by atoms with Crippen molar-refractivity contribution in [1.29, 1.82) is 0 Å². The topological polar surface area (TPSA) is 81.8 Å². The van der Waals surface area contributed by atoms with Gasteiger partial charge in [0.15, 0.2) is 0 Å². The van der Waals surface area contributed by atoms with Crippen LogP contribution in [0.2, 0.25) is 0 Å². The molecule has 0 radical (unpaired) electrons. The Morgan fingerprint density at radius 1 is 1.17 bits per heavy atom. The Bertz CT molecular complexity index is 1020. The molecule has 0 saturated heterocycles. The smallest absolute Gasteiger partial charge is 0.371 e. The van der Waals surface area contributed by atoms with Crippen LogP contribution in [0.15, 0.2) is 58.7 Å². The highest BCUT2D eigenvalue weighted by atomic mass is 16.5. The van der Waals surface area contributed by atoms with Crippen molar-refractivity contribution >= 4 is 12.0 Å². The summed E-state index contributed by atoms with van der Waals surface area (Å²) in [7, 11) is 0. The van der Waals surface area contributed by atoms with Gasteiger partial charge in [-0.1, -0.05) is 24.3 Å². The highest BCUT2D eigenvalue weighted by molar-refractivity contribution is 5.90. The first-order chi connectivity index (χ1) is 14.0. The maximum atomic E-state index is 11.2. The molecule has 3 aromatic rings. The molecule has 2 aromatic carbocycles. The van der Waals surface area contributed by atoms with Gasteiger partial charge in [0, 0.05) is 5.56 Å². The molecule has 6 heteroatoms. The number of ether oxygens (including phenoxy) is 2. The van der Waals surface area contributed by atoms with E-state index in [4.69, 9.17) is 13.9 Å². The fourth-order valence-electron chi connectivity index (χ4n) is 2.78. The van der Waals surface area contributed by atoms with Gasteiger partial charge in [0.05, 0.1) is 6.61 Å². The van der Waals surface area contributed by atoms with Crippen LogP contribution in [0.1, 0.15) is 29.5 Å². The van der Waals surface area contributed by atoms with Crippen molar-refractivity contribution in [2.24, 2.45) is 0 Å². The van der Waals surface area contributed by atoms with Gasteiger partial charge in [0.1, 0.15) is 23.8 Å². The SMILES string of the molecule is CCOC(=Cc1ccc(OCc2nc(-c3ccccc3)oc2C)cc1C)C(=O)O. The van der Waals surface area contributed by atoms with E-state index in [0.717, 1.165) is 22.4 Å². The number of hydrogen-bond acceptors (Lipinski definition) is 5. The molecule has 0 atom stereocenters. The highest BCUT2D eigenvalue weighted by Crippen LogP contribution is 2.24.